The SMILES string of the molecule is O=C(NCCCC(F)(F)F)C1c2cc(F)ccc2C(=O)N1Cc1ccccc1-c1ccccc1. The molecule has 1 aliphatic rings. The fraction of sp³-hybridized carbons (Fsp3) is 0.231. The van der Waals surface area contributed by atoms with Crippen molar-refractivity contribution in [1.82, 2.24) is 10.2 Å². The molecule has 0 fully saturated rings. The number of hydrogen-bond acceptors (Lipinski definition) is 2. The summed E-state index contributed by atoms with van der Waals surface area (Å²) in [6.07, 6.45) is -5.64. The van der Waals surface area contributed by atoms with Gasteiger partial charge in [-0.3, -0.25) is 9.59 Å². The van der Waals surface area contributed by atoms with E-state index in [9.17, 15) is 27.2 Å². The molecule has 1 N–H and O–H groups in total. The summed E-state index contributed by atoms with van der Waals surface area (Å²) >= 11 is 0. The lowest BCUT2D eigenvalue weighted by molar-refractivity contribution is -0.136. The monoisotopic (exact) mass is 470 g/mol. The number of carbonyl (C=O) groups excluding carboxylic acids is 2. The van der Waals surface area contributed by atoms with Crippen LogP contribution in [0.5, 0.6) is 0 Å². The molecule has 4 rings (SSSR count). The van der Waals surface area contributed by atoms with Crippen LogP contribution in [-0.2, 0) is 11.3 Å². The fourth-order valence-corrected chi connectivity index (χ4v) is 4.18. The highest BCUT2D eigenvalue weighted by Gasteiger charge is 2.41. The third-order valence-corrected chi connectivity index (χ3v) is 5.74. The highest BCUT2D eigenvalue weighted by molar-refractivity contribution is 6.04. The topological polar surface area (TPSA) is 49.4 Å². The van der Waals surface area contributed by atoms with E-state index in [4.69, 9.17) is 0 Å². The quantitative estimate of drug-likeness (QED) is 0.359. The number of benzene rings is 3. The lowest BCUT2D eigenvalue weighted by Crippen LogP contribution is -2.39. The molecule has 1 heterocycles. The van der Waals surface area contributed by atoms with E-state index in [1.165, 1.54) is 11.0 Å². The standard InChI is InChI=1S/C26H22F4N2O2/c27-19-11-12-21-22(15-19)23(24(33)31-14-6-13-26(28,29)30)32(25(21)34)16-18-9-4-5-10-20(18)17-7-2-1-3-8-17/h1-5,7-12,15,23H,6,13-14,16H2,(H,31,33). The molecular weight excluding hydrogens is 448 g/mol. The molecule has 4 nitrogen and oxygen atoms in total. The van der Waals surface area contributed by atoms with Crippen molar-refractivity contribution in [2.24, 2.45) is 0 Å². The van der Waals surface area contributed by atoms with Crippen molar-refractivity contribution in [2.75, 3.05) is 6.54 Å². The number of amides is 2. The van der Waals surface area contributed by atoms with Crippen molar-refractivity contribution in [3.05, 3.63) is 95.3 Å². The second-order valence-electron chi connectivity index (χ2n) is 8.10. The first kappa shape index (κ1) is 23.5. The van der Waals surface area contributed by atoms with Crippen LogP contribution in [0.25, 0.3) is 11.1 Å². The molecule has 3 aromatic carbocycles. The van der Waals surface area contributed by atoms with E-state index in [0.717, 1.165) is 28.8 Å². The van der Waals surface area contributed by atoms with Gasteiger partial charge in [0.2, 0.25) is 5.91 Å². The van der Waals surface area contributed by atoms with Crippen molar-refractivity contribution in [3.8, 4) is 11.1 Å². The number of alkyl halides is 3. The minimum atomic E-state index is -4.32. The van der Waals surface area contributed by atoms with Crippen molar-refractivity contribution < 1.29 is 27.2 Å². The van der Waals surface area contributed by atoms with Gasteiger partial charge in [0.05, 0.1) is 0 Å². The maximum absolute atomic E-state index is 14.0. The van der Waals surface area contributed by atoms with E-state index in [1.54, 1.807) is 0 Å². The Morgan fingerprint density at radius 2 is 1.65 bits per heavy atom. The molecule has 0 radical (unpaired) electrons. The predicted octanol–water partition coefficient (Wildman–Crippen LogP) is 5.65. The summed E-state index contributed by atoms with van der Waals surface area (Å²) in [5.74, 6) is -1.68. The zero-order valence-electron chi connectivity index (χ0n) is 18.1. The smallest absolute Gasteiger partial charge is 0.354 e. The van der Waals surface area contributed by atoms with E-state index in [2.05, 4.69) is 5.32 Å². The highest BCUT2D eigenvalue weighted by Crippen LogP contribution is 2.37. The molecule has 1 atom stereocenters. The molecule has 3 aromatic rings. The number of nitrogens with zero attached hydrogens (tertiary/aromatic N) is 1. The molecular formula is C26H22F4N2O2. The summed E-state index contributed by atoms with van der Waals surface area (Å²) in [5.41, 5.74) is 3.00. The maximum atomic E-state index is 14.0. The molecule has 2 amide bonds. The fourth-order valence-electron chi connectivity index (χ4n) is 4.18. The van der Waals surface area contributed by atoms with Crippen LogP contribution < -0.4 is 5.32 Å². The van der Waals surface area contributed by atoms with Crippen molar-refractivity contribution in [1.29, 1.82) is 0 Å². The molecule has 176 valence electrons. The van der Waals surface area contributed by atoms with Crippen LogP contribution in [0.4, 0.5) is 17.6 Å². The number of carbonyl (C=O) groups is 2. The van der Waals surface area contributed by atoms with Crippen LogP contribution in [0.15, 0.2) is 72.8 Å². The first-order valence-corrected chi connectivity index (χ1v) is 10.8. The molecule has 8 heteroatoms. The largest absolute Gasteiger partial charge is 0.389 e. The Hall–Kier alpha value is -3.68. The number of halogens is 4. The minimum Gasteiger partial charge on any atom is -0.354 e. The van der Waals surface area contributed by atoms with E-state index in [0.29, 0.717) is 0 Å². The van der Waals surface area contributed by atoms with Gasteiger partial charge >= 0.3 is 6.18 Å². The van der Waals surface area contributed by atoms with Crippen LogP contribution in [0.3, 0.4) is 0 Å². The van der Waals surface area contributed by atoms with Crippen molar-refractivity contribution in [2.45, 2.75) is 31.6 Å². The third-order valence-electron chi connectivity index (χ3n) is 5.74. The Morgan fingerprint density at radius 3 is 2.38 bits per heavy atom. The number of fused-ring (bicyclic) bond motifs is 1. The Bertz CT molecular complexity index is 1190. The second-order valence-corrected chi connectivity index (χ2v) is 8.10. The van der Waals surface area contributed by atoms with Gasteiger partial charge in [-0.1, -0.05) is 54.6 Å². The van der Waals surface area contributed by atoms with Crippen molar-refractivity contribution in [3.63, 3.8) is 0 Å². The highest BCUT2D eigenvalue weighted by atomic mass is 19.4. The zero-order chi connectivity index (χ0) is 24.3. The zero-order valence-corrected chi connectivity index (χ0v) is 18.1. The maximum Gasteiger partial charge on any atom is 0.389 e. The number of hydrogen-bond donors (Lipinski definition) is 1. The average molecular weight is 470 g/mol. The third kappa shape index (κ3) is 5.11. The lowest BCUT2D eigenvalue weighted by Gasteiger charge is -2.26. The molecule has 0 aliphatic carbocycles. The Labute approximate surface area is 194 Å². The number of nitrogens with one attached hydrogen (secondary N) is 1. The van der Waals surface area contributed by atoms with Gasteiger partial charge in [0, 0.05) is 25.1 Å². The molecule has 1 unspecified atom stereocenters. The summed E-state index contributed by atoms with van der Waals surface area (Å²) in [6, 6.07) is 19.4. The van der Waals surface area contributed by atoms with Crippen LogP contribution in [0.2, 0.25) is 0 Å². The summed E-state index contributed by atoms with van der Waals surface area (Å²) < 4.78 is 51.4. The van der Waals surface area contributed by atoms with Gasteiger partial charge in [-0.15, -0.1) is 0 Å². The molecule has 1 aliphatic heterocycles. The lowest BCUT2D eigenvalue weighted by atomic mass is 9.99. The average Bonchev–Trinajstić information content (AvgIpc) is 3.07. The molecule has 0 spiro atoms. The molecule has 0 aromatic heterocycles. The Kier molecular flexibility index (Phi) is 6.68. The second kappa shape index (κ2) is 9.67. The van der Waals surface area contributed by atoms with E-state index in [1.807, 2.05) is 54.6 Å². The first-order chi connectivity index (χ1) is 16.2. The van der Waals surface area contributed by atoms with Crippen LogP contribution in [0.1, 0.15) is 40.4 Å². The van der Waals surface area contributed by atoms with Gasteiger partial charge in [0.1, 0.15) is 11.9 Å². The van der Waals surface area contributed by atoms with Gasteiger partial charge in [0.15, 0.2) is 0 Å². The molecule has 34 heavy (non-hydrogen) atoms. The van der Waals surface area contributed by atoms with Gasteiger partial charge in [0.25, 0.3) is 5.91 Å². The van der Waals surface area contributed by atoms with Crippen LogP contribution in [0, 0.1) is 5.82 Å². The Morgan fingerprint density at radius 1 is 0.941 bits per heavy atom. The van der Waals surface area contributed by atoms with Crippen LogP contribution >= 0.6 is 0 Å². The Balaban J connectivity index is 1.62. The minimum absolute atomic E-state index is 0.0703. The summed E-state index contributed by atoms with van der Waals surface area (Å²) in [5, 5.41) is 2.48. The summed E-state index contributed by atoms with van der Waals surface area (Å²) in [4.78, 5) is 27.6. The summed E-state index contributed by atoms with van der Waals surface area (Å²) in [7, 11) is 0. The molecule has 0 saturated heterocycles. The molecule has 0 saturated carbocycles. The van der Waals surface area contributed by atoms with Gasteiger partial charge < -0.3 is 10.2 Å². The first-order valence-electron chi connectivity index (χ1n) is 10.8. The molecule has 0 bridgehead atoms. The van der Waals surface area contributed by atoms with Gasteiger partial charge in [-0.2, -0.15) is 13.2 Å². The van der Waals surface area contributed by atoms with Crippen LogP contribution in [-0.4, -0.2) is 29.4 Å². The van der Waals surface area contributed by atoms with E-state index < -0.39 is 36.3 Å². The van der Waals surface area contributed by atoms with Crippen molar-refractivity contribution >= 4 is 11.8 Å². The normalized spacial score (nSPS) is 15.4. The number of rotatable bonds is 7. The van der Waals surface area contributed by atoms with Gasteiger partial charge in [-0.25, -0.2) is 4.39 Å². The van der Waals surface area contributed by atoms with E-state index >= 15 is 0 Å². The summed E-state index contributed by atoms with van der Waals surface area (Å²) in [6.45, 7) is -0.136. The van der Waals surface area contributed by atoms with Gasteiger partial charge in [-0.05, 0) is 46.9 Å². The predicted molar refractivity (Wildman–Crippen MR) is 119 cm³/mol. The van der Waals surface area contributed by atoms with E-state index in [-0.39, 0.29) is 30.6 Å².